The molecule has 0 atom stereocenters. The van der Waals surface area contributed by atoms with Crippen LogP contribution in [-0.2, 0) is 4.79 Å². The third kappa shape index (κ3) is 2.15. The van der Waals surface area contributed by atoms with Gasteiger partial charge in [-0.2, -0.15) is 0 Å². The van der Waals surface area contributed by atoms with Crippen LogP contribution < -0.4 is 10.6 Å². The molecule has 80 valence electrons. The molecule has 0 spiro atoms. The maximum atomic E-state index is 11.9. The molecule has 0 radical (unpaired) electrons. The highest BCUT2D eigenvalue weighted by Gasteiger charge is 2.49. The maximum absolute atomic E-state index is 11.9. The van der Waals surface area contributed by atoms with Crippen molar-refractivity contribution in [2.75, 3.05) is 18.9 Å². The maximum Gasteiger partial charge on any atom is 0.231 e. The van der Waals surface area contributed by atoms with Gasteiger partial charge in [-0.3, -0.25) is 9.78 Å². The lowest BCUT2D eigenvalue weighted by molar-refractivity contribution is -0.120. The molecular weight excluding hydrogens is 190 g/mol. The van der Waals surface area contributed by atoms with E-state index in [1.54, 1.807) is 24.5 Å². The second kappa shape index (κ2) is 3.98. The molecule has 1 aliphatic carbocycles. The second-order valence-corrected chi connectivity index (χ2v) is 4.00. The van der Waals surface area contributed by atoms with Gasteiger partial charge in [-0.25, -0.2) is 0 Å². The zero-order valence-electron chi connectivity index (χ0n) is 8.79. The highest BCUT2D eigenvalue weighted by Crippen LogP contribution is 2.45. The lowest BCUT2D eigenvalue weighted by atomic mass is 10.1. The van der Waals surface area contributed by atoms with Gasteiger partial charge in [-0.15, -0.1) is 0 Å². The van der Waals surface area contributed by atoms with Gasteiger partial charge in [0.15, 0.2) is 0 Å². The number of hydrogen-bond donors (Lipinski definition) is 2. The Hall–Kier alpha value is -1.42. The molecule has 0 saturated heterocycles. The molecule has 1 fully saturated rings. The number of carbonyl (C=O) groups is 1. The summed E-state index contributed by atoms with van der Waals surface area (Å²) in [6.07, 6.45) is 5.30. The molecule has 1 heterocycles. The number of nitrogens with zero attached hydrogens (tertiary/aromatic N) is 1. The van der Waals surface area contributed by atoms with Crippen LogP contribution in [0.4, 0.5) is 5.69 Å². The van der Waals surface area contributed by atoms with Crippen LogP contribution in [0.25, 0.3) is 0 Å². The van der Waals surface area contributed by atoms with E-state index in [2.05, 4.69) is 15.6 Å². The van der Waals surface area contributed by atoms with E-state index in [1.165, 1.54) is 0 Å². The molecule has 0 bridgehead atoms. The topological polar surface area (TPSA) is 54.0 Å². The van der Waals surface area contributed by atoms with E-state index in [0.29, 0.717) is 0 Å². The van der Waals surface area contributed by atoms with E-state index in [1.807, 2.05) is 7.05 Å². The third-order valence-corrected chi connectivity index (χ3v) is 2.79. The van der Waals surface area contributed by atoms with Gasteiger partial charge in [0.2, 0.25) is 5.91 Å². The van der Waals surface area contributed by atoms with Crippen molar-refractivity contribution in [3.63, 3.8) is 0 Å². The fraction of sp³-hybridized carbons (Fsp3) is 0.455. The first-order chi connectivity index (χ1) is 7.27. The zero-order valence-corrected chi connectivity index (χ0v) is 8.79. The summed E-state index contributed by atoms with van der Waals surface area (Å²) in [7, 11) is 1.87. The number of nitrogens with one attached hydrogen (secondary N) is 2. The van der Waals surface area contributed by atoms with Gasteiger partial charge in [-0.1, -0.05) is 0 Å². The van der Waals surface area contributed by atoms with Crippen LogP contribution in [0.3, 0.4) is 0 Å². The summed E-state index contributed by atoms with van der Waals surface area (Å²) >= 11 is 0. The SMILES string of the molecule is CNCC1(C(=O)Nc2ccncc2)CC1. The van der Waals surface area contributed by atoms with E-state index in [9.17, 15) is 4.79 Å². The summed E-state index contributed by atoms with van der Waals surface area (Å²) in [6, 6.07) is 3.60. The van der Waals surface area contributed by atoms with Gasteiger partial charge in [0.05, 0.1) is 5.41 Å². The van der Waals surface area contributed by atoms with E-state index in [-0.39, 0.29) is 11.3 Å². The van der Waals surface area contributed by atoms with Gasteiger partial charge in [0, 0.05) is 24.6 Å². The standard InChI is InChI=1S/C11H15N3O/c1-12-8-11(4-5-11)10(15)14-9-2-6-13-7-3-9/h2-3,6-7,12H,4-5,8H2,1H3,(H,13,14,15). The van der Waals surface area contributed by atoms with Crippen molar-refractivity contribution in [3.8, 4) is 0 Å². The quantitative estimate of drug-likeness (QED) is 0.771. The van der Waals surface area contributed by atoms with Gasteiger partial charge < -0.3 is 10.6 Å². The summed E-state index contributed by atoms with van der Waals surface area (Å²) in [6.45, 7) is 0.754. The van der Waals surface area contributed by atoms with Crippen LogP contribution in [-0.4, -0.2) is 24.5 Å². The molecule has 4 heteroatoms. The molecule has 0 aliphatic heterocycles. The molecule has 1 saturated carbocycles. The first kappa shape index (κ1) is 10.1. The molecule has 0 aromatic carbocycles. The first-order valence-corrected chi connectivity index (χ1v) is 5.13. The molecule has 1 amide bonds. The van der Waals surface area contributed by atoms with Crippen LogP contribution in [0, 0.1) is 5.41 Å². The molecular formula is C11H15N3O. The zero-order chi connectivity index (χ0) is 10.7. The van der Waals surface area contributed by atoms with Crippen LogP contribution >= 0.6 is 0 Å². The van der Waals surface area contributed by atoms with Crippen molar-refractivity contribution >= 4 is 11.6 Å². The summed E-state index contributed by atoms with van der Waals surface area (Å²) in [5, 5.41) is 5.97. The largest absolute Gasteiger partial charge is 0.325 e. The molecule has 0 unspecified atom stereocenters. The van der Waals surface area contributed by atoms with Crippen LogP contribution in [0.2, 0.25) is 0 Å². The third-order valence-electron chi connectivity index (χ3n) is 2.79. The Morgan fingerprint density at radius 3 is 2.67 bits per heavy atom. The average molecular weight is 205 g/mol. The fourth-order valence-corrected chi connectivity index (χ4v) is 1.67. The van der Waals surface area contributed by atoms with Crippen LogP contribution in [0.15, 0.2) is 24.5 Å². The molecule has 1 aromatic rings. The first-order valence-electron chi connectivity index (χ1n) is 5.13. The number of pyridine rings is 1. The minimum atomic E-state index is -0.169. The summed E-state index contributed by atoms with van der Waals surface area (Å²) in [5.41, 5.74) is 0.648. The summed E-state index contributed by atoms with van der Waals surface area (Å²) < 4.78 is 0. The van der Waals surface area contributed by atoms with Gasteiger partial charge in [-0.05, 0) is 32.0 Å². The van der Waals surface area contributed by atoms with Gasteiger partial charge in [0.25, 0.3) is 0 Å². The Labute approximate surface area is 89.1 Å². The number of anilines is 1. The van der Waals surface area contributed by atoms with Crippen molar-refractivity contribution in [2.45, 2.75) is 12.8 Å². The molecule has 15 heavy (non-hydrogen) atoms. The summed E-state index contributed by atoms with van der Waals surface area (Å²) in [4.78, 5) is 15.8. The number of carbonyl (C=O) groups excluding carboxylic acids is 1. The van der Waals surface area contributed by atoms with Crippen molar-refractivity contribution in [1.29, 1.82) is 0 Å². The van der Waals surface area contributed by atoms with E-state index >= 15 is 0 Å². The molecule has 1 aliphatic rings. The van der Waals surface area contributed by atoms with Crippen molar-refractivity contribution in [1.82, 2.24) is 10.3 Å². The predicted octanol–water partition coefficient (Wildman–Crippen LogP) is 1.02. The lowest BCUT2D eigenvalue weighted by Crippen LogP contribution is -2.32. The smallest absolute Gasteiger partial charge is 0.231 e. The number of amides is 1. The molecule has 2 rings (SSSR count). The number of aromatic nitrogens is 1. The van der Waals surface area contributed by atoms with Crippen molar-refractivity contribution in [3.05, 3.63) is 24.5 Å². The summed E-state index contributed by atoms with van der Waals surface area (Å²) in [5.74, 6) is 0.114. The Kier molecular flexibility index (Phi) is 2.68. The van der Waals surface area contributed by atoms with Gasteiger partial charge >= 0.3 is 0 Å². The van der Waals surface area contributed by atoms with Crippen LogP contribution in [0.1, 0.15) is 12.8 Å². The van der Waals surface area contributed by atoms with E-state index in [0.717, 1.165) is 25.1 Å². The monoisotopic (exact) mass is 205 g/mol. The lowest BCUT2D eigenvalue weighted by Gasteiger charge is -2.14. The van der Waals surface area contributed by atoms with Crippen molar-refractivity contribution in [2.24, 2.45) is 5.41 Å². The average Bonchev–Trinajstić information content (AvgIpc) is 3.01. The van der Waals surface area contributed by atoms with E-state index in [4.69, 9.17) is 0 Å². The van der Waals surface area contributed by atoms with E-state index < -0.39 is 0 Å². The minimum Gasteiger partial charge on any atom is -0.325 e. The molecule has 1 aromatic heterocycles. The Balaban J connectivity index is 1.99. The Morgan fingerprint density at radius 2 is 2.13 bits per heavy atom. The number of hydrogen-bond acceptors (Lipinski definition) is 3. The fourth-order valence-electron chi connectivity index (χ4n) is 1.67. The number of rotatable bonds is 4. The highest BCUT2D eigenvalue weighted by atomic mass is 16.2. The Bertz CT molecular complexity index is 346. The van der Waals surface area contributed by atoms with Crippen molar-refractivity contribution < 1.29 is 4.79 Å². The highest BCUT2D eigenvalue weighted by molar-refractivity contribution is 5.97. The molecule has 2 N–H and O–H groups in total. The van der Waals surface area contributed by atoms with Crippen LogP contribution in [0.5, 0.6) is 0 Å². The van der Waals surface area contributed by atoms with Gasteiger partial charge in [0.1, 0.15) is 0 Å². The minimum absolute atomic E-state index is 0.114. The normalized spacial score (nSPS) is 17.1. The predicted molar refractivity (Wildman–Crippen MR) is 58.5 cm³/mol. The second-order valence-electron chi connectivity index (χ2n) is 4.00. The molecule has 4 nitrogen and oxygen atoms in total. The Morgan fingerprint density at radius 1 is 1.47 bits per heavy atom.